The van der Waals surface area contributed by atoms with E-state index in [0.29, 0.717) is 0 Å². The van der Waals surface area contributed by atoms with Gasteiger partial charge in [0.05, 0.1) is 5.92 Å². The van der Waals surface area contributed by atoms with Crippen molar-refractivity contribution in [2.24, 2.45) is 5.92 Å². The van der Waals surface area contributed by atoms with Gasteiger partial charge < -0.3 is 4.90 Å². The van der Waals surface area contributed by atoms with Crippen LogP contribution < -0.4 is 5.48 Å². The third-order valence-corrected chi connectivity index (χ3v) is 2.12. The van der Waals surface area contributed by atoms with E-state index in [1.165, 1.54) is 11.9 Å². The van der Waals surface area contributed by atoms with Crippen molar-refractivity contribution in [3.8, 4) is 0 Å². The van der Waals surface area contributed by atoms with Crippen molar-refractivity contribution in [3.63, 3.8) is 0 Å². The van der Waals surface area contributed by atoms with Gasteiger partial charge in [0.15, 0.2) is 6.61 Å². The maximum Gasteiger partial charge on any atom is 0.414 e. The molecule has 0 radical (unpaired) electrons. The number of nitrogens with one attached hydrogen (secondary N) is 1. The summed E-state index contributed by atoms with van der Waals surface area (Å²) < 4.78 is 35.0. The molecular weight excluding hydrogens is 229 g/mol. The summed E-state index contributed by atoms with van der Waals surface area (Å²) in [6, 6.07) is 0. The fraction of sp³-hybridized carbons (Fsp3) is 0.750. The first-order valence-corrected chi connectivity index (χ1v) is 4.52. The molecule has 1 atom stereocenters. The largest absolute Gasteiger partial charge is 0.414 e. The van der Waals surface area contributed by atoms with Crippen molar-refractivity contribution in [2.75, 3.05) is 20.2 Å². The highest BCUT2D eigenvalue weighted by Crippen LogP contribution is 2.17. The van der Waals surface area contributed by atoms with Crippen LogP contribution in [0.3, 0.4) is 0 Å². The highest BCUT2D eigenvalue weighted by Gasteiger charge is 2.33. The van der Waals surface area contributed by atoms with E-state index >= 15 is 0 Å². The molecule has 1 fully saturated rings. The van der Waals surface area contributed by atoms with Gasteiger partial charge >= 0.3 is 6.18 Å². The maximum atomic E-state index is 11.7. The average molecular weight is 240 g/mol. The second-order valence-electron chi connectivity index (χ2n) is 3.55. The number of hydroxylamine groups is 1. The third kappa shape index (κ3) is 3.69. The Morgan fingerprint density at radius 2 is 2.25 bits per heavy atom. The predicted molar refractivity (Wildman–Crippen MR) is 45.9 cm³/mol. The molecule has 0 aromatic heterocycles. The minimum absolute atomic E-state index is 0.00227. The highest BCUT2D eigenvalue weighted by molar-refractivity contribution is 5.88. The molecule has 1 aliphatic heterocycles. The summed E-state index contributed by atoms with van der Waals surface area (Å²) in [5, 5.41) is 0. The lowest BCUT2D eigenvalue weighted by Gasteiger charge is -2.11. The van der Waals surface area contributed by atoms with E-state index in [0.717, 1.165) is 0 Å². The van der Waals surface area contributed by atoms with E-state index in [9.17, 15) is 22.8 Å². The van der Waals surface area contributed by atoms with Crippen molar-refractivity contribution in [3.05, 3.63) is 0 Å². The standard InChI is InChI=1S/C8H11F3N2O3/c1-13-3-5(2-6(13)14)7(15)12-16-4-8(9,10)11/h5H,2-4H2,1H3,(H,12,15). The smallest absolute Gasteiger partial charge is 0.345 e. The van der Waals surface area contributed by atoms with E-state index in [1.54, 1.807) is 5.48 Å². The molecule has 1 heterocycles. The Hall–Kier alpha value is -1.31. The Bertz CT molecular complexity index is 293. The SMILES string of the molecule is CN1CC(C(=O)NOCC(F)(F)F)CC1=O. The Morgan fingerprint density at radius 3 is 2.69 bits per heavy atom. The van der Waals surface area contributed by atoms with Gasteiger partial charge in [-0.25, -0.2) is 5.48 Å². The number of carbonyl (C=O) groups is 2. The van der Waals surface area contributed by atoms with Crippen LogP contribution in [0.4, 0.5) is 13.2 Å². The summed E-state index contributed by atoms with van der Waals surface area (Å²) >= 11 is 0. The molecular formula is C8H11F3N2O3. The van der Waals surface area contributed by atoms with E-state index in [4.69, 9.17) is 0 Å². The number of amides is 2. The monoisotopic (exact) mass is 240 g/mol. The molecule has 1 saturated heterocycles. The number of nitrogens with zero attached hydrogens (tertiary/aromatic N) is 1. The zero-order valence-corrected chi connectivity index (χ0v) is 8.50. The van der Waals surface area contributed by atoms with Gasteiger partial charge in [-0.1, -0.05) is 0 Å². The lowest BCUT2D eigenvalue weighted by molar-refractivity contribution is -0.192. The van der Waals surface area contributed by atoms with E-state index < -0.39 is 24.6 Å². The van der Waals surface area contributed by atoms with Crippen LogP contribution in [0.15, 0.2) is 0 Å². The molecule has 1 unspecified atom stereocenters. The molecule has 2 amide bonds. The number of carbonyl (C=O) groups excluding carboxylic acids is 2. The topological polar surface area (TPSA) is 58.6 Å². The fourth-order valence-electron chi connectivity index (χ4n) is 1.31. The zero-order chi connectivity index (χ0) is 12.3. The second-order valence-corrected chi connectivity index (χ2v) is 3.55. The Balaban J connectivity index is 2.29. The Morgan fingerprint density at radius 1 is 1.62 bits per heavy atom. The van der Waals surface area contributed by atoms with Crippen LogP contribution in [0.25, 0.3) is 0 Å². The van der Waals surface area contributed by atoms with Crippen molar-refractivity contribution in [1.82, 2.24) is 10.4 Å². The van der Waals surface area contributed by atoms with Crippen LogP contribution in [0.5, 0.6) is 0 Å². The van der Waals surface area contributed by atoms with Crippen LogP contribution in [0.2, 0.25) is 0 Å². The fourth-order valence-corrected chi connectivity index (χ4v) is 1.31. The average Bonchev–Trinajstić information content (AvgIpc) is 2.45. The molecule has 0 spiro atoms. The van der Waals surface area contributed by atoms with Crippen molar-refractivity contribution < 1.29 is 27.6 Å². The maximum absolute atomic E-state index is 11.7. The molecule has 0 aromatic carbocycles. The lowest BCUT2D eigenvalue weighted by atomic mass is 10.1. The number of hydrogen-bond acceptors (Lipinski definition) is 3. The summed E-state index contributed by atoms with van der Waals surface area (Å²) in [5.74, 6) is -1.57. The quantitative estimate of drug-likeness (QED) is 0.710. The molecule has 0 aliphatic carbocycles. The van der Waals surface area contributed by atoms with Gasteiger partial charge in [0.1, 0.15) is 0 Å². The molecule has 8 heteroatoms. The van der Waals surface area contributed by atoms with Crippen molar-refractivity contribution in [2.45, 2.75) is 12.6 Å². The van der Waals surface area contributed by atoms with Gasteiger partial charge in [0, 0.05) is 20.0 Å². The number of hydrogen-bond donors (Lipinski definition) is 1. The zero-order valence-electron chi connectivity index (χ0n) is 8.50. The second kappa shape index (κ2) is 4.69. The molecule has 0 aromatic rings. The normalized spacial score (nSPS) is 21.4. The van der Waals surface area contributed by atoms with Gasteiger partial charge in [0.25, 0.3) is 0 Å². The summed E-state index contributed by atoms with van der Waals surface area (Å²) in [6.45, 7) is -1.35. The van der Waals surface area contributed by atoms with Crippen LogP contribution >= 0.6 is 0 Å². The Kier molecular flexibility index (Phi) is 3.74. The van der Waals surface area contributed by atoms with Gasteiger partial charge in [-0.3, -0.25) is 14.4 Å². The number of likely N-dealkylation sites (tertiary alicyclic amines) is 1. The van der Waals surface area contributed by atoms with Gasteiger partial charge in [-0.15, -0.1) is 0 Å². The lowest BCUT2D eigenvalue weighted by Crippen LogP contribution is -2.35. The van der Waals surface area contributed by atoms with E-state index in [2.05, 4.69) is 4.84 Å². The Labute approximate surface area is 89.5 Å². The number of halogens is 3. The molecule has 1 aliphatic rings. The first-order chi connectivity index (χ1) is 7.29. The molecule has 1 rings (SSSR count). The molecule has 1 N–H and O–H groups in total. The minimum Gasteiger partial charge on any atom is -0.345 e. The third-order valence-electron chi connectivity index (χ3n) is 2.12. The first kappa shape index (κ1) is 12.8. The van der Waals surface area contributed by atoms with E-state index in [-0.39, 0.29) is 18.9 Å². The van der Waals surface area contributed by atoms with Gasteiger partial charge in [-0.05, 0) is 0 Å². The minimum atomic E-state index is -4.49. The van der Waals surface area contributed by atoms with E-state index in [1.807, 2.05) is 0 Å². The summed E-state index contributed by atoms with van der Waals surface area (Å²) in [6.07, 6.45) is -4.49. The number of rotatable bonds is 3. The molecule has 0 saturated carbocycles. The molecule has 5 nitrogen and oxygen atoms in total. The van der Waals surface area contributed by atoms with Crippen LogP contribution in [0.1, 0.15) is 6.42 Å². The van der Waals surface area contributed by atoms with Gasteiger partial charge in [0.2, 0.25) is 11.8 Å². The molecule has 16 heavy (non-hydrogen) atoms. The highest BCUT2D eigenvalue weighted by atomic mass is 19.4. The molecule has 92 valence electrons. The predicted octanol–water partition coefficient (Wildman–Crippen LogP) is 0.0748. The first-order valence-electron chi connectivity index (χ1n) is 4.52. The van der Waals surface area contributed by atoms with Crippen LogP contribution in [-0.4, -0.2) is 43.1 Å². The van der Waals surface area contributed by atoms with Crippen molar-refractivity contribution in [1.29, 1.82) is 0 Å². The summed E-state index contributed by atoms with van der Waals surface area (Å²) in [7, 11) is 1.52. The van der Waals surface area contributed by atoms with Gasteiger partial charge in [-0.2, -0.15) is 13.2 Å². The molecule has 0 bridgehead atoms. The summed E-state index contributed by atoms with van der Waals surface area (Å²) in [5.41, 5.74) is 1.68. The van der Waals surface area contributed by atoms with Crippen LogP contribution in [-0.2, 0) is 14.4 Å². The van der Waals surface area contributed by atoms with Crippen LogP contribution in [0, 0.1) is 5.92 Å². The summed E-state index contributed by atoms with van der Waals surface area (Å²) in [4.78, 5) is 27.6. The number of alkyl halides is 3. The van der Waals surface area contributed by atoms with Crippen molar-refractivity contribution >= 4 is 11.8 Å².